The van der Waals surface area contributed by atoms with E-state index in [2.05, 4.69) is 25.5 Å². The predicted molar refractivity (Wildman–Crippen MR) is 72.4 cm³/mol. The molecule has 0 fully saturated rings. The molecule has 2 rings (SSSR count). The Kier molecular flexibility index (Phi) is 4.63. The van der Waals surface area contributed by atoms with E-state index in [4.69, 9.17) is 5.11 Å². The number of hydrogen-bond acceptors (Lipinski definition) is 8. The van der Waals surface area contributed by atoms with Crippen LogP contribution < -0.4 is 5.32 Å². The van der Waals surface area contributed by atoms with Crippen molar-refractivity contribution >= 4 is 34.2 Å². The molecule has 0 saturated heterocycles. The number of aliphatic carboxylic acids is 1. The summed E-state index contributed by atoms with van der Waals surface area (Å²) in [6.45, 7) is 2.38. The molecule has 19 heavy (non-hydrogen) atoms. The molecule has 0 aliphatic heterocycles. The van der Waals surface area contributed by atoms with Gasteiger partial charge in [0.05, 0.1) is 29.9 Å². The zero-order valence-electron chi connectivity index (χ0n) is 10.0. The molecule has 0 spiro atoms. The number of carbonyl (C=O) groups is 1. The second-order valence-electron chi connectivity index (χ2n) is 3.56. The Morgan fingerprint density at radius 3 is 2.95 bits per heavy atom. The van der Waals surface area contributed by atoms with Crippen LogP contribution in [-0.4, -0.2) is 37.0 Å². The highest BCUT2D eigenvalue weighted by molar-refractivity contribution is 8.01. The van der Waals surface area contributed by atoms with Crippen LogP contribution in [0.1, 0.15) is 11.4 Å². The van der Waals surface area contributed by atoms with Crippen LogP contribution in [0.4, 0.5) is 5.13 Å². The maximum Gasteiger partial charge on any atom is 0.313 e. The number of anilines is 1. The molecular weight excluding hydrogens is 286 g/mol. The summed E-state index contributed by atoms with van der Waals surface area (Å²) < 4.78 is 0.625. The van der Waals surface area contributed by atoms with Gasteiger partial charge in [0.15, 0.2) is 4.34 Å². The second kappa shape index (κ2) is 6.43. The molecule has 9 heteroatoms. The van der Waals surface area contributed by atoms with Gasteiger partial charge in [-0.25, -0.2) is 0 Å². The van der Waals surface area contributed by atoms with E-state index in [1.165, 1.54) is 11.3 Å². The van der Waals surface area contributed by atoms with Crippen LogP contribution in [0.5, 0.6) is 0 Å². The number of hydrogen-bond donors (Lipinski definition) is 2. The monoisotopic (exact) mass is 297 g/mol. The lowest BCUT2D eigenvalue weighted by Gasteiger charge is -2.00. The first kappa shape index (κ1) is 13.7. The van der Waals surface area contributed by atoms with E-state index in [-0.39, 0.29) is 5.75 Å². The third-order valence-corrected chi connectivity index (χ3v) is 3.98. The lowest BCUT2D eigenvalue weighted by molar-refractivity contribution is -0.133. The molecule has 0 atom stereocenters. The first-order valence-corrected chi connectivity index (χ1v) is 7.13. The van der Waals surface area contributed by atoms with Crippen molar-refractivity contribution in [2.45, 2.75) is 17.8 Å². The molecule has 0 saturated carbocycles. The molecule has 0 unspecified atom stereocenters. The minimum atomic E-state index is -0.871. The number of thioether (sulfide) groups is 1. The summed E-state index contributed by atoms with van der Waals surface area (Å²) in [6, 6.07) is 0. The summed E-state index contributed by atoms with van der Waals surface area (Å²) in [5.41, 5.74) is 1.67. The first-order valence-electron chi connectivity index (χ1n) is 5.33. The van der Waals surface area contributed by atoms with Gasteiger partial charge in [-0.3, -0.25) is 14.8 Å². The van der Waals surface area contributed by atoms with Gasteiger partial charge in [-0.1, -0.05) is 23.1 Å². The van der Waals surface area contributed by atoms with E-state index < -0.39 is 5.97 Å². The number of aryl methyl sites for hydroxylation is 1. The molecule has 100 valence electrons. The summed E-state index contributed by atoms with van der Waals surface area (Å²) >= 11 is 2.47. The molecule has 0 radical (unpaired) electrons. The van der Waals surface area contributed by atoms with Gasteiger partial charge < -0.3 is 10.4 Å². The molecule has 2 heterocycles. The number of carboxylic acids is 1. The van der Waals surface area contributed by atoms with E-state index >= 15 is 0 Å². The smallest absolute Gasteiger partial charge is 0.313 e. The maximum absolute atomic E-state index is 10.4. The third-order valence-electron chi connectivity index (χ3n) is 1.98. The van der Waals surface area contributed by atoms with Crippen molar-refractivity contribution in [2.75, 3.05) is 11.1 Å². The molecule has 2 N–H and O–H groups in total. The fourth-order valence-electron chi connectivity index (χ4n) is 1.14. The van der Waals surface area contributed by atoms with Gasteiger partial charge in [0, 0.05) is 6.20 Å². The van der Waals surface area contributed by atoms with Crippen molar-refractivity contribution in [2.24, 2.45) is 0 Å². The summed E-state index contributed by atoms with van der Waals surface area (Å²) in [6.07, 6.45) is 3.40. The number of nitrogens with zero attached hydrogens (tertiary/aromatic N) is 4. The first-order chi connectivity index (χ1) is 9.13. The van der Waals surface area contributed by atoms with E-state index in [0.717, 1.165) is 23.1 Å². The number of carboxylic acid groups (broad SMARTS) is 1. The van der Waals surface area contributed by atoms with Crippen LogP contribution in [0.15, 0.2) is 16.7 Å². The Morgan fingerprint density at radius 2 is 2.26 bits per heavy atom. The molecule has 0 amide bonds. The fourth-order valence-corrected chi connectivity index (χ4v) is 2.61. The van der Waals surface area contributed by atoms with Crippen LogP contribution >= 0.6 is 23.1 Å². The molecule has 0 aliphatic rings. The lowest BCUT2D eigenvalue weighted by atomic mass is 10.4. The Labute approximate surface area is 117 Å². The van der Waals surface area contributed by atoms with Crippen LogP contribution in [0, 0.1) is 6.92 Å². The topological polar surface area (TPSA) is 101 Å². The predicted octanol–water partition coefficient (Wildman–Crippen LogP) is 1.43. The zero-order valence-corrected chi connectivity index (χ0v) is 11.7. The highest BCUT2D eigenvalue weighted by Gasteiger charge is 2.07. The summed E-state index contributed by atoms with van der Waals surface area (Å²) in [5.74, 6) is -0.887. The third kappa shape index (κ3) is 4.45. The number of aromatic nitrogens is 4. The minimum Gasteiger partial charge on any atom is -0.481 e. The summed E-state index contributed by atoms with van der Waals surface area (Å²) in [5, 5.41) is 20.1. The van der Waals surface area contributed by atoms with Gasteiger partial charge in [-0.15, -0.1) is 10.2 Å². The van der Waals surface area contributed by atoms with Crippen molar-refractivity contribution in [3.05, 3.63) is 23.8 Å². The van der Waals surface area contributed by atoms with Gasteiger partial charge >= 0.3 is 5.97 Å². The van der Waals surface area contributed by atoms with Crippen LogP contribution in [0.2, 0.25) is 0 Å². The van der Waals surface area contributed by atoms with E-state index in [0.29, 0.717) is 16.0 Å². The molecule has 2 aromatic heterocycles. The standard InChI is InChI=1S/C10H11N5O2S2/c1-6-2-12-7(3-11-6)4-13-9-14-15-10(19-9)18-5-8(16)17/h2-3H,4-5H2,1H3,(H,13,14)(H,16,17). The maximum atomic E-state index is 10.4. The van der Waals surface area contributed by atoms with Gasteiger partial charge in [0.1, 0.15) is 0 Å². The van der Waals surface area contributed by atoms with Crippen LogP contribution in [-0.2, 0) is 11.3 Å². The number of nitrogens with one attached hydrogen (secondary N) is 1. The van der Waals surface area contributed by atoms with Crippen molar-refractivity contribution in [1.29, 1.82) is 0 Å². The molecular formula is C10H11N5O2S2. The molecule has 0 aliphatic carbocycles. The number of rotatable bonds is 6. The van der Waals surface area contributed by atoms with Crippen molar-refractivity contribution in [3.8, 4) is 0 Å². The fraction of sp³-hybridized carbons (Fsp3) is 0.300. The summed E-state index contributed by atoms with van der Waals surface area (Å²) in [4.78, 5) is 18.8. The van der Waals surface area contributed by atoms with Gasteiger partial charge in [-0.05, 0) is 6.92 Å². The van der Waals surface area contributed by atoms with Gasteiger partial charge in [0.2, 0.25) is 5.13 Å². The Balaban J connectivity index is 1.86. The van der Waals surface area contributed by atoms with E-state index in [1.54, 1.807) is 12.4 Å². The molecule has 7 nitrogen and oxygen atoms in total. The van der Waals surface area contributed by atoms with Crippen molar-refractivity contribution < 1.29 is 9.90 Å². The average Bonchev–Trinajstić information content (AvgIpc) is 2.84. The molecule has 0 bridgehead atoms. The molecule has 0 aromatic carbocycles. The quantitative estimate of drug-likeness (QED) is 0.772. The van der Waals surface area contributed by atoms with Crippen LogP contribution in [0.3, 0.4) is 0 Å². The second-order valence-corrected chi connectivity index (χ2v) is 5.76. The minimum absolute atomic E-state index is 0.0158. The van der Waals surface area contributed by atoms with Crippen molar-refractivity contribution in [1.82, 2.24) is 20.2 Å². The van der Waals surface area contributed by atoms with E-state index in [9.17, 15) is 4.79 Å². The Morgan fingerprint density at radius 1 is 1.42 bits per heavy atom. The molecule has 2 aromatic rings. The Hall–Kier alpha value is -1.74. The highest BCUT2D eigenvalue weighted by Crippen LogP contribution is 2.25. The normalized spacial score (nSPS) is 10.4. The Bertz CT molecular complexity index is 557. The SMILES string of the molecule is Cc1cnc(CNc2nnc(SCC(=O)O)s2)cn1. The van der Waals surface area contributed by atoms with Crippen molar-refractivity contribution in [3.63, 3.8) is 0 Å². The lowest BCUT2D eigenvalue weighted by Crippen LogP contribution is -2.02. The average molecular weight is 297 g/mol. The van der Waals surface area contributed by atoms with Crippen LogP contribution in [0.25, 0.3) is 0 Å². The van der Waals surface area contributed by atoms with Gasteiger partial charge in [0.25, 0.3) is 0 Å². The highest BCUT2D eigenvalue weighted by atomic mass is 32.2. The summed E-state index contributed by atoms with van der Waals surface area (Å²) in [7, 11) is 0. The van der Waals surface area contributed by atoms with Gasteiger partial charge in [-0.2, -0.15) is 0 Å². The van der Waals surface area contributed by atoms with E-state index in [1.807, 2.05) is 6.92 Å². The zero-order chi connectivity index (χ0) is 13.7. The largest absolute Gasteiger partial charge is 0.481 e.